The van der Waals surface area contributed by atoms with Gasteiger partial charge in [0, 0.05) is 44.3 Å². The van der Waals surface area contributed by atoms with Crippen molar-refractivity contribution < 1.29 is 4.74 Å². The molecule has 0 saturated carbocycles. The number of morpholine rings is 1. The highest BCUT2D eigenvalue weighted by molar-refractivity contribution is 4.90. The van der Waals surface area contributed by atoms with E-state index < -0.39 is 0 Å². The van der Waals surface area contributed by atoms with Crippen molar-refractivity contribution >= 4 is 0 Å². The van der Waals surface area contributed by atoms with E-state index >= 15 is 0 Å². The van der Waals surface area contributed by atoms with E-state index in [-0.39, 0.29) is 0 Å². The minimum absolute atomic E-state index is 0.322. The van der Waals surface area contributed by atoms with Crippen molar-refractivity contribution in [2.75, 3.05) is 45.9 Å². The molecular formula is C13H27N3O. The van der Waals surface area contributed by atoms with Crippen LogP contribution in [-0.2, 0) is 4.74 Å². The van der Waals surface area contributed by atoms with Gasteiger partial charge in [-0.05, 0) is 26.7 Å². The van der Waals surface area contributed by atoms with E-state index in [0.717, 1.165) is 45.9 Å². The molecule has 4 heteroatoms. The maximum absolute atomic E-state index is 6.08. The fourth-order valence-electron chi connectivity index (χ4n) is 2.80. The Balaban J connectivity index is 1.79. The molecule has 4 nitrogen and oxygen atoms in total. The van der Waals surface area contributed by atoms with Crippen molar-refractivity contribution in [3.63, 3.8) is 0 Å². The van der Waals surface area contributed by atoms with E-state index in [1.165, 1.54) is 12.8 Å². The third-order valence-electron chi connectivity index (χ3n) is 4.23. The Labute approximate surface area is 105 Å². The molecule has 0 radical (unpaired) electrons. The molecular weight excluding hydrogens is 214 g/mol. The molecule has 0 aromatic rings. The van der Waals surface area contributed by atoms with Gasteiger partial charge < -0.3 is 10.5 Å². The zero-order valence-corrected chi connectivity index (χ0v) is 11.3. The molecule has 2 N–H and O–H groups in total. The number of piperidine rings is 1. The molecule has 0 aromatic heterocycles. The summed E-state index contributed by atoms with van der Waals surface area (Å²) in [4.78, 5) is 5.07. The van der Waals surface area contributed by atoms with Crippen molar-refractivity contribution in [2.45, 2.75) is 38.3 Å². The van der Waals surface area contributed by atoms with Crippen LogP contribution in [0.3, 0.4) is 0 Å². The fraction of sp³-hybridized carbons (Fsp3) is 1.00. The van der Waals surface area contributed by atoms with Gasteiger partial charge in [0.15, 0.2) is 0 Å². The standard InChI is InChI=1S/C13H27N3O/c1-13(2)4-3-12(14)11-16(13)6-5-15-7-9-17-10-8-15/h12H,3-11,14H2,1-2H3. The molecule has 0 aliphatic carbocycles. The van der Waals surface area contributed by atoms with Crippen LogP contribution < -0.4 is 5.73 Å². The van der Waals surface area contributed by atoms with Gasteiger partial charge in [-0.2, -0.15) is 0 Å². The number of ether oxygens (including phenoxy) is 1. The average Bonchev–Trinajstić information content (AvgIpc) is 2.32. The van der Waals surface area contributed by atoms with Crippen molar-refractivity contribution in [1.82, 2.24) is 9.80 Å². The summed E-state index contributed by atoms with van der Waals surface area (Å²) < 4.78 is 5.37. The number of nitrogens with two attached hydrogens (primary N) is 1. The first kappa shape index (κ1) is 13.3. The highest BCUT2D eigenvalue weighted by Crippen LogP contribution is 2.26. The maximum atomic E-state index is 6.08. The molecule has 100 valence electrons. The summed E-state index contributed by atoms with van der Waals surface area (Å²) in [5.74, 6) is 0. The summed E-state index contributed by atoms with van der Waals surface area (Å²) in [5.41, 5.74) is 6.40. The minimum Gasteiger partial charge on any atom is -0.379 e. The van der Waals surface area contributed by atoms with Gasteiger partial charge in [-0.15, -0.1) is 0 Å². The molecule has 17 heavy (non-hydrogen) atoms. The topological polar surface area (TPSA) is 41.7 Å². The summed E-state index contributed by atoms with van der Waals surface area (Å²) in [7, 11) is 0. The summed E-state index contributed by atoms with van der Waals surface area (Å²) in [6, 6.07) is 0.368. The maximum Gasteiger partial charge on any atom is 0.0594 e. The summed E-state index contributed by atoms with van der Waals surface area (Å²) in [6.07, 6.45) is 2.39. The van der Waals surface area contributed by atoms with Gasteiger partial charge in [-0.25, -0.2) is 0 Å². The third-order valence-corrected chi connectivity index (χ3v) is 4.23. The van der Waals surface area contributed by atoms with Crippen LogP contribution >= 0.6 is 0 Å². The Morgan fingerprint density at radius 1 is 1.24 bits per heavy atom. The molecule has 0 aromatic carbocycles. The van der Waals surface area contributed by atoms with Crippen LogP contribution in [0.15, 0.2) is 0 Å². The first-order valence-electron chi connectivity index (χ1n) is 6.89. The highest BCUT2D eigenvalue weighted by atomic mass is 16.5. The van der Waals surface area contributed by atoms with Gasteiger partial charge in [-0.1, -0.05) is 0 Å². The summed E-state index contributed by atoms with van der Waals surface area (Å²) >= 11 is 0. The van der Waals surface area contributed by atoms with Gasteiger partial charge in [-0.3, -0.25) is 9.80 Å². The van der Waals surface area contributed by atoms with Crippen LogP contribution in [0.2, 0.25) is 0 Å². The smallest absolute Gasteiger partial charge is 0.0594 e. The number of likely N-dealkylation sites (tertiary alicyclic amines) is 1. The molecule has 0 amide bonds. The van der Waals surface area contributed by atoms with Crippen molar-refractivity contribution in [3.8, 4) is 0 Å². The summed E-state index contributed by atoms with van der Waals surface area (Å²) in [6.45, 7) is 12.0. The van der Waals surface area contributed by atoms with Crippen molar-refractivity contribution in [2.24, 2.45) is 5.73 Å². The van der Waals surface area contributed by atoms with Gasteiger partial charge in [0.2, 0.25) is 0 Å². The van der Waals surface area contributed by atoms with Gasteiger partial charge >= 0.3 is 0 Å². The number of hydrogen-bond donors (Lipinski definition) is 1. The lowest BCUT2D eigenvalue weighted by Crippen LogP contribution is -2.56. The van der Waals surface area contributed by atoms with Crippen molar-refractivity contribution in [1.29, 1.82) is 0 Å². The van der Waals surface area contributed by atoms with Crippen LogP contribution in [0.25, 0.3) is 0 Å². The summed E-state index contributed by atoms with van der Waals surface area (Å²) in [5, 5.41) is 0. The van der Waals surface area contributed by atoms with Crippen LogP contribution in [0.1, 0.15) is 26.7 Å². The fourth-order valence-corrected chi connectivity index (χ4v) is 2.80. The monoisotopic (exact) mass is 241 g/mol. The van der Waals surface area contributed by atoms with E-state index in [1.54, 1.807) is 0 Å². The molecule has 2 heterocycles. The molecule has 0 spiro atoms. The molecule has 1 unspecified atom stereocenters. The second-order valence-electron chi connectivity index (χ2n) is 6.01. The normalized spacial score (nSPS) is 31.6. The minimum atomic E-state index is 0.322. The molecule has 2 saturated heterocycles. The SMILES string of the molecule is CC1(C)CCC(N)CN1CCN1CCOCC1. The molecule has 1 atom stereocenters. The number of nitrogens with zero attached hydrogens (tertiary/aromatic N) is 2. The Kier molecular flexibility index (Phi) is 4.42. The second kappa shape index (κ2) is 5.65. The zero-order valence-electron chi connectivity index (χ0n) is 11.3. The van der Waals surface area contributed by atoms with Crippen LogP contribution in [0.4, 0.5) is 0 Å². The van der Waals surface area contributed by atoms with Crippen LogP contribution in [0, 0.1) is 0 Å². The quantitative estimate of drug-likeness (QED) is 0.782. The second-order valence-corrected chi connectivity index (χ2v) is 6.01. The van der Waals surface area contributed by atoms with Crippen molar-refractivity contribution in [3.05, 3.63) is 0 Å². The number of rotatable bonds is 3. The van der Waals surface area contributed by atoms with E-state index in [1.807, 2.05) is 0 Å². The lowest BCUT2D eigenvalue weighted by Gasteiger charge is -2.45. The molecule has 2 rings (SSSR count). The lowest BCUT2D eigenvalue weighted by atomic mass is 9.88. The first-order valence-corrected chi connectivity index (χ1v) is 6.89. The third kappa shape index (κ3) is 3.65. The van der Waals surface area contributed by atoms with E-state index in [2.05, 4.69) is 23.6 Å². The van der Waals surface area contributed by atoms with Crippen LogP contribution in [0.5, 0.6) is 0 Å². The predicted molar refractivity (Wildman–Crippen MR) is 70.1 cm³/mol. The molecule has 2 aliphatic rings. The lowest BCUT2D eigenvalue weighted by molar-refractivity contribution is 0.0155. The Morgan fingerprint density at radius 2 is 1.94 bits per heavy atom. The Hall–Kier alpha value is -0.160. The van der Waals surface area contributed by atoms with E-state index in [0.29, 0.717) is 11.6 Å². The Bertz CT molecular complexity index is 239. The van der Waals surface area contributed by atoms with Gasteiger partial charge in [0.05, 0.1) is 13.2 Å². The highest BCUT2D eigenvalue weighted by Gasteiger charge is 2.32. The molecule has 2 fully saturated rings. The van der Waals surface area contributed by atoms with Crippen LogP contribution in [-0.4, -0.2) is 67.3 Å². The molecule has 0 bridgehead atoms. The van der Waals surface area contributed by atoms with Gasteiger partial charge in [0.1, 0.15) is 0 Å². The first-order chi connectivity index (χ1) is 8.08. The van der Waals surface area contributed by atoms with Gasteiger partial charge in [0.25, 0.3) is 0 Å². The van der Waals surface area contributed by atoms with E-state index in [4.69, 9.17) is 10.5 Å². The molecule has 2 aliphatic heterocycles. The average molecular weight is 241 g/mol. The van der Waals surface area contributed by atoms with E-state index in [9.17, 15) is 0 Å². The largest absolute Gasteiger partial charge is 0.379 e. The number of hydrogen-bond acceptors (Lipinski definition) is 4. The Morgan fingerprint density at radius 3 is 2.65 bits per heavy atom. The zero-order chi connectivity index (χ0) is 12.3. The predicted octanol–water partition coefficient (Wildman–Crippen LogP) is 0.520.